The van der Waals surface area contributed by atoms with E-state index in [-0.39, 0.29) is 42.2 Å². The molecule has 4 atom stereocenters. The third-order valence-electron chi connectivity index (χ3n) is 8.37. The first kappa shape index (κ1) is 38.1. The molecule has 0 fully saturated rings. The summed E-state index contributed by atoms with van der Waals surface area (Å²) in [6.45, 7) is 5.68. The molecule has 1 aliphatic heterocycles. The maximum absolute atomic E-state index is 14.3. The van der Waals surface area contributed by atoms with Gasteiger partial charge in [0.1, 0.15) is 11.6 Å². The number of nitrogens with zero attached hydrogens (tertiary/aromatic N) is 2. The number of anilines is 2. The van der Waals surface area contributed by atoms with Crippen LogP contribution in [0.2, 0.25) is 5.02 Å². The van der Waals surface area contributed by atoms with E-state index in [0.717, 1.165) is 6.42 Å². The third kappa shape index (κ3) is 10.4. The van der Waals surface area contributed by atoms with Crippen LogP contribution in [0.5, 0.6) is 5.75 Å². The van der Waals surface area contributed by atoms with Crippen molar-refractivity contribution in [1.29, 1.82) is 0 Å². The number of hydrogen-bond donors (Lipinski definition) is 3. The van der Waals surface area contributed by atoms with Gasteiger partial charge < -0.3 is 30.1 Å². The van der Waals surface area contributed by atoms with Gasteiger partial charge in [-0.3, -0.25) is 4.79 Å². The summed E-state index contributed by atoms with van der Waals surface area (Å²) in [5, 5.41) is 16.0. The number of halogens is 2. The fourth-order valence-electron chi connectivity index (χ4n) is 5.43. The molecule has 0 aromatic heterocycles. The van der Waals surface area contributed by atoms with Gasteiger partial charge in [-0.05, 0) is 99.8 Å². The Balaban J connectivity index is 1.62. The summed E-state index contributed by atoms with van der Waals surface area (Å²) >= 11 is 5.98. The van der Waals surface area contributed by atoms with E-state index in [2.05, 4.69) is 10.6 Å². The van der Waals surface area contributed by atoms with Crippen molar-refractivity contribution in [2.75, 3.05) is 44.0 Å². The fraction of sp³-hybridized carbons (Fsp3) is 0.429. The Morgan fingerprint density at radius 2 is 1.71 bits per heavy atom. The number of nitrogens with one attached hydrogen (secondary N) is 2. The van der Waals surface area contributed by atoms with Crippen LogP contribution in [0.1, 0.15) is 50.4 Å². The summed E-state index contributed by atoms with van der Waals surface area (Å²) in [5.41, 5.74) is 0.866. The highest BCUT2D eigenvalue weighted by atomic mass is 35.5. The van der Waals surface area contributed by atoms with E-state index < -0.39 is 39.9 Å². The molecule has 266 valence electrons. The Morgan fingerprint density at radius 1 is 1.06 bits per heavy atom. The van der Waals surface area contributed by atoms with E-state index in [4.69, 9.17) is 21.1 Å². The average molecular weight is 719 g/mol. The Morgan fingerprint density at radius 3 is 2.39 bits per heavy atom. The maximum atomic E-state index is 14.3. The van der Waals surface area contributed by atoms with Crippen molar-refractivity contribution < 1.29 is 37.0 Å². The van der Waals surface area contributed by atoms with Crippen molar-refractivity contribution in [3.05, 3.63) is 83.1 Å². The van der Waals surface area contributed by atoms with E-state index in [1.165, 1.54) is 70.9 Å². The number of amides is 3. The molecule has 1 heterocycles. The molecule has 11 nitrogen and oxygen atoms in total. The molecule has 49 heavy (non-hydrogen) atoms. The molecule has 4 rings (SSSR count). The van der Waals surface area contributed by atoms with E-state index in [1.807, 2.05) is 13.8 Å². The molecule has 3 N–H and O–H groups in total. The van der Waals surface area contributed by atoms with Crippen LogP contribution in [0.25, 0.3) is 0 Å². The summed E-state index contributed by atoms with van der Waals surface area (Å²) < 4.78 is 53.9. The second-order valence-corrected chi connectivity index (χ2v) is 14.8. The molecule has 3 amide bonds. The average Bonchev–Trinajstić information content (AvgIpc) is 3.07. The molecule has 0 unspecified atom stereocenters. The standard InChI is InChI=1S/C35H44ClFN4O7S/c1-23-20-41(24(2)22-42)34(43)31-19-29(39-35(44)38-28-12-10-27(37)11-13-28)14-17-32(31)48-25(3)7-5-6-18-47-33(23)21-40(4)49(45,46)30-15-8-26(36)9-16-30/h8-17,19,23-25,33,42H,5-7,18,20-22H2,1-4H3,(H2,38,39,44)/t23-,24-,25+,33-/m0/s1. The molecule has 14 heteroatoms. The Hall–Kier alpha value is -3.75. The molecule has 0 spiro atoms. The van der Waals surface area contributed by atoms with Crippen molar-refractivity contribution in [2.24, 2.45) is 5.92 Å². The van der Waals surface area contributed by atoms with Gasteiger partial charge >= 0.3 is 6.03 Å². The molecule has 3 aromatic rings. The molecule has 0 radical (unpaired) electrons. The lowest BCUT2D eigenvalue weighted by Gasteiger charge is -2.35. The van der Waals surface area contributed by atoms with Gasteiger partial charge in [0.25, 0.3) is 5.91 Å². The number of aliphatic hydroxyl groups excluding tert-OH is 1. The first-order valence-electron chi connectivity index (χ1n) is 16.2. The minimum atomic E-state index is -3.87. The van der Waals surface area contributed by atoms with Crippen LogP contribution in [0, 0.1) is 11.7 Å². The Kier molecular flexibility index (Phi) is 13.4. The molecule has 0 saturated heterocycles. The highest BCUT2D eigenvalue weighted by Gasteiger charge is 2.32. The zero-order valence-corrected chi connectivity index (χ0v) is 29.6. The minimum absolute atomic E-state index is 0.0228. The third-order valence-corrected chi connectivity index (χ3v) is 10.5. The lowest BCUT2D eigenvalue weighted by molar-refractivity contribution is -0.00833. The number of rotatable bonds is 8. The zero-order valence-electron chi connectivity index (χ0n) is 28.1. The normalized spacial score (nSPS) is 20.1. The second-order valence-electron chi connectivity index (χ2n) is 12.3. The number of sulfonamides is 1. The number of ether oxygens (including phenoxy) is 2. The number of likely N-dealkylation sites (N-methyl/N-ethyl adjacent to an activating group) is 1. The number of fused-ring (bicyclic) bond motifs is 1. The first-order chi connectivity index (χ1) is 23.3. The number of hydrogen-bond acceptors (Lipinski definition) is 7. The summed E-state index contributed by atoms with van der Waals surface area (Å²) in [6.07, 6.45) is 1.29. The first-order valence-corrected chi connectivity index (χ1v) is 18.0. The SMILES string of the molecule is C[C@@H]1CCCCO[C@@H](CN(C)S(=O)(=O)c2ccc(Cl)cc2)[C@@H](C)CN([C@@H](C)CO)C(=O)c2cc(NC(=O)Nc3ccc(F)cc3)ccc2O1. The number of benzene rings is 3. The van der Waals surface area contributed by atoms with Crippen LogP contribution >= 0.6 is 11.6 Å². The number of carbonyl (C=O) groups excluding carboxylic acids is 2. The number of urea groups is 1. The molecular weight excluding hydrogens is 675 g/mol. The van der Waals surface area contributed by atoms with Crippen LogP contribution in [0.4, 0.5) is 20.6 Å². The predicted molar refractivity (Wildman–Crippen MR) is 187 cm³/mol. The van der Waals surface area contributed by atoms with Gasteiger partial charge in [0, 0.05) is 49.1 Å². The monoisotopic (exact) mass is 718 g/mol. The smallest absolute Gasteiger partial charge is 0.323 e. The van der Waals surface area contributed by atoms with Crippen LogP contribution in [-0.2, 0) is 14.8 Å². The maximum Gasteiger partial charge on any atom is 0.323 e. The Labute approximate surface area is 292 Å². The topological polar surface area (TPSA) is 138 Å². The second kappa shape index (κ2) is 17.3. The highest BCUT2D eigenvalue weighted by molar-refractivity contribution is 7.89. The van der Waals surface area contributed by atoms with Crippen molar-refractivity contribution >= 4 is 44.9 Å². The fourth-order valence-corrected chi connectivity index (χ4v) is 6.74. The summed E-state index contributed by atoms with van der Waals surface area (Å²) in [4.78, 5) is 28.7. The van der Waals surface area contributed by atoms with Gasteiger partial charge in [0.05, 0.1) is 35.3 Å². The van der Waals surface area contributed by atoms with E-state index >= 15 is 0 Å². The van der Waals surface area contributed by atoms with Crippen molar-refractivity contribution in [2.45, 2.75) is 63.2 Å². The van der Waals surface area contributed by atoms with Crippen LogP contribution in [0.3, 0.4) is 0 Å². The van der Waals surface area contributed by atoms with Crippen LogP contribution < -0.4 is 15.4 Å². The van der Waals surface area contributed by atoms with Gasteiger partial charge in [-0.1, -0.05) is 18.5 Å². The quantitative estimate of drug-likeness (QED) is 0.251. The molecule has 1 aliphatic rings. The predicted octanol–water partition coefficient (Wildman–Crippen LogP) is 6.24. The molecule has 0 saturated carbocycles. The summed E-state index contributed by atoms with van der Waals surface area (Å²) in [5.74, 6) is -0.928. The Bertz CT molecular complexity index is 1680. The summed E-state index contributed by atoms with van der Waals surface area (Å²) in [7, 11) is -2.38. The molecule has 0 bridgehead atoms. The van der Waals surface area contributed by atoms with Gasteiger partial charge in [0.2, 0.25) is 10.0 Å². The molecular formula is C35H44ClFN4O7S. The van der Waals surface area contributed by atoms with Crippen LogP contribution in [-0.4, -0.2) is 86.3 Å². The minimum Gasteiger partial charge on any atom is -0.490 e. The largest absolute Gasteiger partial charge is 0.490 e. The zero-order chi connectivity index (χ0) is 35.7. The highest BCUT2D eigenvalue weighted by Crippen LogP contribution is 2.29. The molecule has 0 aliphatic carbocycles. The van der Waals surface area contributed by atoms with Gasteiger partial charge in [-0.2, -0.15) is 4.31 Å². The van der Waals surface area contributed by atoms with Crippen molar-refractivity contribution in [3.8, 4) is 5.75 Å². The number of carbonyl (C=O) groups is 2. The van der Waals surface area contributed by atoms with Crippen molar-refractivity contribution in [3.63, 3.8) is 0 Å². The van der Waals surface area contributed by atoms with Gasteiger partial charge in [-0.15, -0.1) is 0 Å². The van der Waals surface area contributed by atoms with E-state index in [1.54, 1.807) is 19.1 Å². The lowest BCUT2D eigenvalue weighted by Crippen LogP contribution is -2.48. The van der Waals surface area contributed by atoms with Crippen molar-refractivity contribution in [1.82, 2.24) is 9.21 Å². The van der Waals surface area contributed by atoms with Gasteiger partial charge in [-0.25, -0.2) is 17.6 Å². The van der Waals surface area contributed by atoms with Crippen LogP contribution in [0.15, 0.2) is 71.6 Å². The summed E-state index contributed by atoms with van der Waals surface area (Å²) in [6, 6.07) is 14.8. The lowest BCUT2D eigenvalue weighted by atomic mass is 10.0. The number of aliphatic hydroxyl groups is 1. The van der Waals surface area contributed by atoms with E-state index in [9.17, 15) is 27.5 Å². The van der Waals surface area contributed by atoms with Gasteiger partial charge in [0.15, 0.2) is 0 Å². The molecule has 3 aromatic carbocycles. The van der Waals surface area contributed by atoms with E-state index in [0.29, 0.717) is 41.6 Å².